The predicted molar refractivity (Wildman–Crippen MR) is 65.8 cm³/mol. The largest absolute Gasteiger partial charge is 0.367 e. The molecule has 1 spiro atoms. The third kappa shape index (κ3) is 0.978. The minimum atomic E-state index is 0.0807. The van der Waals surface area contributed by atoms with Crippen LogP contribution in [0.3, 0.4) is 0 Å². The normalized spacial score (nSPS) is 60.1. The molecule has 0 radical (unpaired) electrons. The van der Waals surface area contributed by atoms with Crippen LogP contribution in [0.5, 0.6) is 0 Å². The molecule has 2 saturated heterocycles. The van der Waals surface area contributed by atoms with Crippen molar-refractivity contribution in [3.05, 3.63) is 11.6 Å². The zero-order chi connectivity index (χ0) is 11.9. The van der Waals surface area contributed by atoms with Crippen LogP contribution in [-0.4, -0.2) is 24.4 Å². The molecule has 2 aliphatic carbocycles. The van der Waals surface area contributed by atoms with E-state index in [9.17, 15) is 0 Å². The number of hydrogen-bond acceptors (Lipinski definition) is 2. The number of hydrogen-bond donors (Lipinski definition) is 0. The highest BCUT2D eigenvalue weighted by atomic mass is 16.6. The minimum Gasteiger partial charge on any atom is -0.367 e. The van der Waals surface area contributed by atoms with E-state index in [1.165, 1.54) is 31.3 Å². The molecule has 4 aliphatic rings. The number of rotatable bonds is 0. The summed E-state index contributed by atoms with van der Waals surface area (Å²) in [5, 5.41) is 0. The van der Waals surface area contributed by atoms with Gasteiger partial charge in [-0.2, -0.15) is 0 Å². The van der Waals surface area contributed by atoms with Gasteiger partial charge in [-0.15, -0.1) is 0 Å². The minimum absolute atomic E-state index is 0.0807. The molecule has 2 bridgehead atoms. The van der Waals surface area contributed by atoms with Crippen molar-refractivity contribution in [2.45, 2.75) is 64.3 Å². The highest BCUT2D eigenvalue weighted by Crippen LogP contribution is 2.71. The first-order valence-corrected chi connectivity index (χ1v) is 6.99. The van der Waals surface area contributed by atoms with Crippen LogP contribution in [0.1, 0.15) is 46.5 Å². The van der Waals surface area contributed by atoms with Crippen LogP contribution in [0, 0.1) is 10.8 Å². The van der Waals surface area contributed by atoms with E-state index in [2.05, 4.69) is 26.8 Å². The second-order valence-electron chi connectivity index (χ2n) is 7.02. The van der Waals surface area contributed by atoms with Crippen molar-refractivity contribution in [2.75, 3.05) is 6.61 Å². The van der Waals surface area contributed by atoms with Crippen molar-refractivity contribution in [1.29, 1.82) is 0 Å². The average molecular weight is 234 g/mol. The summed E-state index contributed by atoms with van der Waals surface area (Å²) in [4.78, 5) is 0. The average Bonchev–Trinajstić information content (AvgIpc) is 3.03. The summed E-state index contributed by atoms with van der Waals surface area (Å²) >= 11 is 0. The molecule has 0 aromatic heterocycles. The third-order valence-corrected chi connectivity index (χ3v) is 6.49. The van der Waals surface area contributed by atoms with E-state index in [4.69, 9.17) is 9.47 Å². The Hall–Kier alpha value is -0.340. The summed E-state index contributed by atoms with van der Waals surface area (Å²) < 4.78 is 12.3. The van der Waals surface area contributed by atoms with Gasteiger partial charge >= 0.3 is 0 Å². The van der Waals surface area contributed by atoms with Gasteiger partial charge in [0.2, 0.25) is 0 Å². The molecule has 4 rings (SSSR count). The fraction of sp³-hybridized carbons (Fsp3) is 0.867. The van der Waals surface area contributed by atoms with Crippen molar-refractivity contribution in [3.8, 4) is 0 Å². The SMILES string of the molecule is CC1=C[C@@H]2O[C@H]3CC[C@](C)([C@]34CO4)[C@]2(C)CC1. The van der Waals surface area contributed by atoms with Crippen molar-refractivity contribution >= 4 is 0 Å². The maximum atomic E-state index is 6.40. The molecule has 2 aliphatic heterocycles. The zero-order valence-corrected chi connectivity index (χ0v) is 11.1. The number of epoxide rings is 1. The van der Waals surface area contributed by atoms with E-state index in [-0.39, 0.29) is 11.0 Å². The molecule has 0 N–H and O–H groups in total. The molecule has 0 unspecified atom stereocenters. The van der Waals surface area contributed by atoms with Crippen LogP contribution in [-0.2, 0) is 9.47 Å². The topological polar surface area (TPSA) is 21.8 Å². The van der Waals surface area contributed by atoms with E-state index >= 15 is 0 Å². The first kappa shape index (κ1) is 10.6. The fourth-order valence-electron chi connectivity index (χ4n) is 4.83. The second-order valence-corrected chi connectivity index (χ2v) is 7.02. The van der Waals surface area contributed by atoms with Crippen LogP contribution in [0.25, 0.3) is 0 Å². The van der Waals surface area contributed by atoms with Crippen molar-refractivity contribution < 1.29 is 9.47 Å². The van der Waals surface area contributed by atoms with E-state index in [0.717, 1.165) is 6.61 Å². The summed E-state index contributed by atoms with van der Waals surface area (Å²) in [7, 11) is 0. The van der Waals surface area contributed by atoms with Crippen LogP contribution >= 0.6 is 0 Å². The second kappa shape index (κ2) is 2.80. The van der Waals surface area contributed by atoms with E-state index in [1.54, 1.807) is 0 Å². The van der Waals surface area contributed by atoms with Crippen LogP contribution in [0.2, 0.25) is 0 Å². The molecule has 2 nitrogen and oxygen atoms in total. The smallest absolute Gasteiger partial charge is 0.124 e. The molecular weight excluding hydrogens is 212 g/mol. The molecule has 0 amide bonds. The molecule has 0 aromatic rings. The molecule has 1 saturated carbocycles. The number of ether oxygens (including phenoxy) is 2. The molecule has 2 heteroatoms. The molecule has 17 heavy (non-hydrogen) atoms. The highest BCUT2D eigenvalue weighted by Gasteiger charge is 2.77. The lowest BCUT2D eigenvalue weighted by Crippen LogP contribution is -2.61. The van der Waals surface area contributed by atoms with E-state index < -0.39 is 0 Å². The van der Waals surface area contributed by atoms with Crippen LogP contribution in [0.4, 0.5) is 0 Å². The Bertz CT molecular complexity index is 409. The summed E-state index contributed by atoms with van der Waals surface area (Å²) in [6.07, 6.45) is 8.01. The maximum absolute atomic E-state index is 6.40. The molecule has 0 aromatic carbocycles. The standard InChI is InChI=1S/C15H22O2/c1-10-4-6-13(2)12(8-10)17-11-5-7-14(13,3)15(11)9-16-15/h8,11-12H,4-7,9H2,1-3H3/t11-,12-,13+,14-,15-/m0/s1. The molecule has 2 heterocycles. The van der Waals surface area contributed by atoms with Gasteiger partial charge in [0.05, 0.1) is 18.8 Å². The van der Waals surface area contributed by atoms with Gasteiger partial charge in [0, 0.05) is 10.8 Å². The maximum Gasteiger partial charge on any atom is 0.124 e. The highest BCUT2D eigenvalue weighted by molar-refractivity contribution is 5.29. The summed E-state index contributed by atoms with van der Waals surface area (Å²) in [5.41, 5.74) is 2.18. The molecule has 94 valence electrons. The molecule has 3 fully saturated rings. The lowest BCUT2D eigenvalue weighted by molar-refractivity contribution is -0.190. The molecular formula is C15H22O2. The lowest BCUT2D eigenvalue weighted by atomic mass is 9.53. The monoisotopic (exact) mass is 234 g/mol. The number of fused-ring (bicyclic) bond motifs is 2. The Morgan fingerprint density at radius 3 is 2.76 bits per heavy atom. The number of allylic oxidation sites excluding steroid dienone is 1. The Labute approximate surface area is 103 Å². The summed E-state index contributed by atoms with van der Waals surface area (Å²) in [6, 6.07) is 0. The van der Waals surface area contributed by atoms with Crippen molar-refractivity contribution in [2.24, 2.45) is 10.8 Å². The van der Waals surface area contributed by atoms with Gasteiger partial charge < -0.3 is 9.47 Å². The van der Waals surface area contributed by atoms with Gasteiger partial charge in [-0.1, -0.05) is 25.5 Å². The van der Waals surface area contributed by atoms with Crippen LogP contribution in [0.15, 0.2) is 11.6 Å². The Balaban J connectivity index is 1.85. The summed E-state index contributed by atoms with van der Waals surface area (Å²) in [5.74, 6) is 0. The van der Waals surface area contributed by atoms with E-state index in [1.807, 2.05) is 0 Å². The Morgan fingerprint density at radius 2 is 2.06 bits per heavy atom. The fourth-order valence-corrected chi connectivity index (χ4v) is 4.83. The quantitative estimate of drug-likeness (QED) is 0.474. The van der Waals surface area contributed by atoms with Gasteiger partial charge in [0.1, 0.15) is 5.60 Å². The van der Waals surface area contributed by atoms with Crippen molar-refractivity contribution in [1.82, 2.24) is 0 Å². The first-order chi connectivity index (χ1) is 8.02. The molecule has 5 atom stereocenters. The van der Waals surface area contributed by atoms with Gasteiger partial charge in [-0.05, 0) is 32.6 Å². The zero-order valence-electron chi connectivity index (χ0n) is 11.1. The lowest BCUT2D eigenvalue weighted by Gasteiger charge is -2.56. The Morgan fingerprint density at radius 1 is 1.29 bits per heavy atom. The summed E-state index contributed by atoms with van der Waals surface area (Å²) in [6.45, 7) is 8.07. The Kier molecular flexibility index (Phi) is 1.74. The van der Waals surface area contributed by atoms with Crippen molar-refractivity contribution in [3.63, 3.8) is 0 Å². The van der Waals surface area contributed by atoms with Crippen LogP contribution < -0.4 is 0 Å². The van der Waals surface area contributed by atoms with Gasteiger partial charge in [-0.3, -0.25) is 0 Å². The van der Waals surface area contributed by atoms with Gasteiger partial charge in [0.25, 0.3) is 0 Å². The first-order valence-electron chi connectivity index (χ1n) is 6.99. The predicted octanol–water partition coefficient (Wildman–Crippen LogP) is 3.07. The van der Waals surface area contributed by atoms with Gasteiger partial charge in [0.15, 0.2) is 0 Å². The third-order valence-electron chi connectivity index (χ3n) is 6.49. The van der Waals surface area contributed by atoms with E-state index in [0.29, 0.717) is 17.6 Å². The van der Waals surface area contributed by atoms with Gasteiger partial charge in [-0.25, -0.2) is 0 Å².